The highest BCUT2D eigenvalue weighted by molar-refractivity contribution is 6.22. The van der Waals surface area contributed by atoms with Gasteiger partial charge in [-0.1, -0.05) is 175 Å². The molecule has 0 heterocycles. The van der Waals surface area contributed by atoms with Crippen molar-refractivity contribution in [3.63, 3.8) is 0 Å². The highest BCUT2D eigenvalue weighted by atomic mass is 15.1. The van der Waals surface area contributed by atoms with Gasteiger partial charge in [0.2, 0.25) is 0 Å². The molecule has 64 heavy (non-hydrogen) atoms. The second-order valence-corrected chi connectivity index (χ2v) is 17.3. The van der Waals surface area contributed by atoms with Crippen molar-refractivity contribution in [2.45, 2.75) is 79.1 Å². The summed E-state index contributed by atoms with van der Waals surface area (Å²) < 4.78 is 0. The first-order valence-corrected chi connectivity index (χ1v) is 23.7. The molecule has 0 radical (unpaired) electrons. The van der Waals surface area contributed by atoms with E-state index in [0.717, 1.165) is 74.1 Å². The van der Waals surface area contributed by atoms with Crippen LogP contribution in [0.15, 0.2) is 194 Å². The molecule has 0 unspecified atom stereocenters. The van der Waals surface area contributed by atoms with Crippen LogP contribution in [0.5, 0.6) is 0 Å². The molecule has 0 fully saturated rings. The summed E-state index contributed by atoms with van der Waals surface area (Å²) >= 11 is 0. The molecule has 0 aliphatic heterocycles. The molecule has 0 bridgehead atoms. The van der Waals surface area contributed by atoms with Crippen molar-refractivity contribution >= 4 is 55.7 Å². The molecule has 0 aromatic heterocycles. The average molecular weight is 833 g/mol. The molecular formula is C62H60N2. The normalized spacial score (nSPS) is 11.3. The Kier molecular flexibility index (Phi) is 13.0. The Balaban J connectivity index is 1.34. The van der Waals surface area contributed by atoms with Crippen molar-refractivity contribution in [3.05, 3.63) is 216 Å². The van der Waals surface area contributed by atoms with Gasteiger partial charge in [0.15, 0.2) is 0 Å². The van der Waals surface area contributed by atoms with Crippen molar-refractivity contribution in [3.8, 4) is 22.3 Å². The maximum Gasteiger partial charge on any atom is 0.0468 e. The molecule has 2 nitrogen and oxygen atoms in total. The smallest absolute Gasteiger partial charge is 0.0468 e. The topological polar surface area (TPSA) is 6.48 Å². The van der Waals surface area contributed by atoms with Gasteiger partial charge in [-0.2, -0.15) is 0 Å². The fourth-order valence-electron chi connectivity index (χ4n) is 9.84. The van der Waals surface area contributed by atoms with Gasteiger partial charge in [0.25, 0.3) is 0 Å². The maximum absolute atomic E-state index is 2.47. The summed E-state index contributed by atoms with van der Waals surface area (Å²) in [6, 6.07) is 72.8. The molecule has 0 aliphatic carbocycles. The van der Waals surface area contributed by atoms with Crippen molar-refractivity contribution in [2.75, 3.05) is 9.80 Å². The van der Waals surface area contributed by atoms with Gasteiger partial charge in [-0.3, -0.25) is 0 Å². The summed E-state index contributed by atoms with van der Waals surface area (Å²) in [6.07, 6.45) is 8.69. The number of aryl methyl sites for hydroxylation is 4. The van der Waals surface area contributed by atoms with Crippen molar-refractivity contribution < 1.29 is 0 Å². The molecule has 0 N–H and O–H groups in total. The Morgan fingerprint density at radius 3 is 0.891 bits per heavy atom. The van der Waals surface area contributed by atoms with Gasteiger partial charge >= 0.3 is 0 Å². The van der Waals surface area contributed by atoms with Crippen LogP contribution < -0.4 is 9.80 Å². The van der Waals surface area contributed by atoms with Gasteiger partial charge in [0.05, 0.1) is 0 Å². The van der Waals surface area contributed by atoms with Gasteiger partial charge < -0.3 is 9.80 Å². The predicted molar refractivity (Wildman–Crippen MR) is 278 cm³/mol. The SMILES string of the molecule is CCCc1cc(CCC)cc(N(c2ccccc2)c2ccc3c(-c4ccccc4)c4cc(N(c5ccccc5)c5cc(CCC)cc(CCC)c5)ccc4c(-c4ccccc4)c3c2)c1. The minimum Gasteiger partial charge on any atom is -0.310 e. The second-order valence-electron chi connectivity index (χ2n) is 17.3. The molecule has 0 atom stereocenters. The Labute approximate surface area is 381 Å². The zero-order valence-electron chi connectivity index (χ0n) is 38.0. The van der Waals surface area contributed by atoms with Crippen LogP contribution in [-0.2, 0) is 25.7 Å². The Morgan fingerprint density at radius 1 is 0.266 bits per heavy atom. The highest BCUT2D eigenvalue weighted by Gasteiger charge is 2.23. The number of rotatable bonds is 16. The van der Waals surface area contributed by atoms with Crippen LogP contribution in [-0.4, -0.2) is 0 Å². The molecule has 9 rings (SSSR count). The van der Waals surface area contributed by atoms with E-state index in [1.165, 1.54) is 77.4 Å². The van der Waals surface area contributed by atoms with Crippen molar-refractivity contribution in [1.82, 2.24) is 0 Å². The highest BCUT2D eigenvalue weighted by Crippen LogP contribution is 2.48. The molecule has 0 spiro atoms. The number of nitrogens with zero attached hydrogens (tertiary/aromatic N) is 2. The number of hydrogen-bond donors (Lipinski definition) is 0. The summed E-state index contributed by atoms with van der Waals surface area (Å²) in [4.78, 5) is 4.94. The number of para-hydroxylation sites is 2. The molecule has 0 saturated carbocycles. The molecule has 0 amide bonds. The summed E-state index contributed by atoms with van der Waals surface area (Å²) in [6.45, 7) is 9.11. The van der Waals surface area contributed by atoms with E-state index in [0.29, 0.717) is 0 Å². The summed E-state index contributed by atoms with van der Waals surface area (Å²) in [5, 5.41) is 4.94. The van der Waals surface area contributed by atoms with Crippen LogP contribution in [0.1, 0.15) is 75.6 Å². The van der Waals surface area contributed by atoms with E-state index in [1.807, 2.05) is 0 Å². The average Bonchev–Trinajstić information content (AvgIpc) is 3.32. The summed E-state index contributed by atoms with van der Waals surface area (Å²) in [7, 11) is 0. The quantitative estimate of drug-likeness (QED) is 0.0895. The number of benzene rings is 9. The molecule has 9 aromatic rings. The van der Waals surface area contributed by atoms with Crippen LogP contribution in [0.4, 0.5) is 34.1 Å². The second kappa shape index (κ2) is 19.7. The lowest BCUT2D eigenvalue weighted by molar-refractivity contribution is 0.894. The third kappa shape index (κ3) is 8.84. The van der Waals surface area contributed by atoms with E-state index in [2.05, 4.69) is 232 Å². The number of fused-ring (bicyclic) bond motifs is 2. The van der Waals surface area contributed by atoms with Crippen molar-refractivity contribution in [1.29, 1.82) is 0 Å². The number of anilines is 6. The predicted octanol–water partition coefficient (Wildman–Crippen LogP) is 18.1. The van der Waals surface area contributed by atoms with Crippen LogP contribution in [0.25, 0.3) is 43.8 Å². The summed E-state index contributed by atoms with van der Waals surface area (Å²) in [5.74, 6) is 0. The Morgan fingerprint density at radius 2 is 0.578 bits per heavy atom. The molecule has 0 saturated heterocycles. The first-order chi connectivity index (χ1) is 31.6. The first kappa shape index (κ1) is 42.4. The fourth-order valence-corrected chi connectivity index (χ4v) is 9.84. The lowest BCUT2D eigenvalue weighted by Gasteiger charge is -2.29. The molecule has 9 aromatic carbocycles. The van der Waals surface area contributed by atoms with Gasteiger partial charge in [-0.15, -0.1) is 0 Å². The van der Waals surface area contributed by atoms with E-state index in [1.54, 1.807) is 0 Å². The summed E-state index contributed by atoms with van der Waals surface area (Å²) in [5.41, 5.74) is 17.5. The Hall–Kier alpha value is -6.90. The minimum absolute atomic E-state index is 1.06. The minimum atomic E-state index is 1.06. The third-order valence-electron chi connectivity index (χ3n) is 12.5. The van der Waals surface area contributed by atoms with E-state index in [-0.39, 0.29) is 0 Å². The standard InChI is InChI=1S/C62H60N2/c1-5-21-45-37-46(22-6-2)40-55(39-45)63(51-29-17-11-18-30-51)53-33-35-57-59(43-53)61(49-25-13-9-14-26-49)58-36-34-54(44-60(58)62(57)50-27-15-10-16-28-50)64(52-31-19-12-20-32-52)56-41-47(23-7-3)38-48(42-56)24-8-4/h9-20,25-44H,5-8,21-24H2,1-4H3. The van der Waals surface area contributed by atoms with Crippen LogP contribution >= 0.6 is 0 Å². The lowest BCUT2D eigenvalue weighted by atomic mass is 9.85. The number of hydrogen-bond acceptors (Lipinski definition) is 2. The van der Waals surface area contributed by atoms with E-state index in [4.69, 9.17) is 0 Å². The van der Waals surface area contributed by atoms with Crippen LogP contribution in [0, 0.1) is 0 Å². The third-order valence-corrected chi connectivity index (χ3v) is 12.5. The van der Waals surface area contributed by atoms with E-state index in [9.17, 15) is 0 Å². The Bertz CT molecular complexity index is 2720. The van der Waals surface area contributed by atoms with Gasteiger partial charge in [0.1, 0.15) is 0 Å². The fraction of sp³-hybridized carbons (Fsp3) is 0.194. The van der Waals surface area contributed by atoms with Gasteiger partial charge in [-0.05, 0) is 165 Å². The van der Waals surface area contributed by atoms with Gasteiger partial charge in [0, 0.05) is 34.1 Å². The molecular weight excluding hydrogens is 773 g/mol. The zero-order chi connectivity index (χ0) is 43.8. The monoisotopic (exact) mass is 832 g/mol. The van der Waals surface area contributed by atoms with E-state index >= 15 is 0 Å². The van der Waals surface area contributed by atoms with Gasteiger partial charge in [-0.25, -0.2) is 0 Å². The first-order valence-electron chi connectivity index (χ1n) is 23.7. The zero-order valence-corrected chi connectivity index (χ0v) is 38.0. The van der Waals surface area contributed by atoms with E-state index < -0.39 is 0 Å². The molecule has 318 valence electrons. The van der Waals surface area contributed by atoms with Crippen LogP contribution in [0.2, 0.25) is 0 Å². The lowest BCUT2D eigenvalue weighted by Crippen LogP contribution is -2.11. The molecule has 0 aliphatic rings. The maximum atomic E-state index is 2.47. The molecule has 2 heteroatoms. The van der Waals surface area contributed by atoms with Crippen LogP contribution in [0.3, 0.4) is 0 Å². The van der Waals surface area contributed by atoms with Crippen molar-refractivity contribution in [2.24, 2.45) is 0 Å². The largest absolute Gasteiger partial charge is 0.310 e.